The van der Waals surface area contributed by atoms with Gasteiger partial charge in [-0.15, -0.1) is 0 Å². The van der Waals surface area contributed by atoms with E-state index >= 15 is 0 Å². The Bertz CT molecular complexity index is 926. The third-order valence-electron chi connectivity index (χ3n) is 3.34. The minimum absolute atomic E-state index is 0.0549. The standard InChI is InChI=1S/C16H12O6/c1-21-9-3-5-10(12(18)7-9)14-15(19)11-4-2-8(17)6-13(11)22-16(14)20/h2-7,17-19H,1H3. The Balaban J connectivity index is 2.32. The Kier molecular flexibility index (Phi) is 3.14. The van der Waals surface area contributed by atoms with Gasteiger partial charge in [-0.2, -0.15) is 0 Å². The van der Waals surface area contributed by atoms with E-state index in [1.165, 1.54) is 37.4 Å². The van der Waals surface area contributed by atoms with E-state index in [9.17, 15) is 20.1 Å². The average Bonchev–Trinajstić information content (AvgIpc) is 2.48. The molecule has 0 aliphatic heterocycles. The van der Waals surface area contributed by atoms with Crippen LogP contribution < -0.4 is 10.4 Å². The van der Waals surface area contributed by atoms with Crippen molar-refractivity contribution in [1.29, 1.82) is 0 Å². The molecule has 6 nitrogen and oxygen atoms in total. The van der Waals surface area contributed by atoms with Crippen LogP contribution in [0.15, 0.2) is 45.6 Å². The van der Waals surface area contributed by atoms with Crippen LogP contribution in [0.1, 0.15) is 0 Å². The number of hydrogen-bond acceptors (Lipinski definition) is 6. The lowest BCUT2D eigenvalue weighted by atomic mass is 10.0. The first-order valence-corrected chi connectivity index (χ1v) is 6.37. The third kappa shape index (κ3) is 2.10. The van der Waals surface area contributed by atoms with Crippen molar-refractivity contribution in [1.82, 2.24) is 0 Å². The smallest absolute Gasteiger partial charge is 0.348 e. The summed E-state index contributed by atoms with van der Waals surface area (Å²) in [5.74, 6) is -0.224. The molecular weight excluding hydrogens is 288 g/mol. The minimum Gasteiger partial charge on any atom is -0.508 e. The molecule has 0 amide bonds. The molecule has 0 aliphatic carbocycles. The van der Waals surface area contributed by atoms with Crippen molar-refractivity contribution in [2.24, 2.45) is 0 Å². The maximum Gasteiger partial charge on any atom is 0.348 e. The van der Waals surface area contributed by atoms with Crippen LogP contribution in [-0.2, 0) is 0 Å². The van der Waals surface area contributed by atoms with Crippen molar-refractivity contribution in [2.45, 2.75) is 0 Å². The zero-order chi connectivity index (χ0) is 15.9. The maximum atomic E-state index is 12.1. The summed E-state index contributed by atoms with van der Waals surface area (Å²) in [5, 5.41) is 30.0. The molecule has 0 saturated carbocycles. The molecule has 6 heteroatoms. The number of benzene rings is 2. The lowest BCUT2D eigenvalue weighted by Gasteiger charge is -2.09. The van der Waals surface area contributed by atoms with Crippen LogP contribution in [0.2, 0.25) is 0 Å². The highest BCUT2D eigenvalue weighted by atomic mass is 16.5. The first kappa shape index (κ1) is 13.8. The lowest BCUT2D eigenvalue weighted by molar-refractivity contribution is 0.407. The topological polar surface area (TPSA) is 100 Å². The number of methoxy groups -OCH3 is 1. The zero-order valence-corrected chi connectivity index (χ0v) is 11.5. The Morgan fingerprint density at radius 3 is 2.50 bits per heavy atom. The summed E-state index contributed by atoms with van der Waals surface area (Å²) in [6.07, 6.45) is 0. The Morgan fingerprint density at radius 2 is 1.82 bits per heavy atom. The number of aromatic hydroxyl groups is 3. The number of phenols is 2. The van der Waals surface area contributed by atoms with Crippen molar-refractivity contribution < 1.29 is 24.5 Å². The molecule has 0 saturated heterocycles. The number of rotatable bonds is 2. The molecule has 0 spiro atoms. The highest BCUT2D eigenvalue weighted by Crippen LogP contribution is 2.39. The van der Waals surface area contributed by atoms with Crippen LogP contribution in [0.25, 0.3) is 22.1 Å². The van der Waals surface area contributed by atoms with Gasteiger partial charge in [0.25, 0.3) is 0 Å². The minimum atomic E-state index is -0.823. The first-order chi connectivity index (χ1) is 10.5. The highest BCUT2D eigenvalue weighted by molar-refractivity contribution is 5.92. The molecule has 0 unspecified atom stereocenters. The number of ether oxygens (including phenoxy) is 1. The van der Waals surface area contributed by atoms with Crippen molar-refractivity contribution in [3.05, 3.63) is 46.8 Å². The van der Waals surface area contributed by atoms with E-state index in [0.717, 1.165) is 0 Å². The predicted molar refractivity (Wildman–Crippen MR) is 79.5 cm³/mol. The van der Waals surface area contributed by atoms with Gasteiger partial charge in [0.05, 0.1) is 12.5 Å². The monoisotopic (exact) mass is 300 g/mol. The van der Waals surface area contributed by atoms with Gasteiger partial charge < -0.3 is 24.5 Å². The summed E-state index contributed by atoms with van der Waals surface area (Å²) >= 11 is 0. The lowest BCUT2D eigenvalue weighted by Crippen LogP contribution is -2.03. The fourth-order valence-corrected chi connectivity index (χ4v) is 2.26. The molecule has 0 fully saturated rings. The average molecular weight is 300 g/mol. The summed E-state index contributed by atoms with van der Waals surface area (Å²) in [7, 11) is 1.45. The molecule has 1 heterocycles. The molecule has 0 aliphatic rings. The van der Waals surface area contributed by atoms with Crippen molar-refractivity contribution >= 4 is 11.0 Å². The fourth-order valence-electron chi connectivity index (χ4n) is 2.26. The summed E-state index contributed by atoms with van der Waals surface area (Å²) < 4.78 is 10.1. The molecule has 0 radical (unpaired) electrons. The van der Waals surface area contributed by atoms with Gasteiger partial charge in [-0.3, -0.25) is 0 Å². The molecule has 0 atom stereocenters. The van der Waals surface area contributed by atoms with Gasteiger partial charge in [-0.1, -0.05) is 0 Å². The number of hydrogen-bond donors (Lipinski definition) is 3. The van der Waals surface area contributed by atoms with E-state index < -0.39 is 5.63 Å². The largest absolute Gasteiger partial charge is 0.508 e. The van der Waals surface area contributed by atoms with Gasteiger partial charge in [0.1, 0.15) is 34.1 Å². The van der Waals surface area contributed by atoms with Gasteiger partial charge in [0.15, 0.2) is 0 Å². The summed E-state index contributed by atoms with van der Waals surface area (Å²) in [5.41, 5.74) is -0.796. The third-order valence-corrected chi connectivity index (χ3v) is 3.34. The molecule has 112 valence electrons. The molecular formula is C16H12O6. The van der Waals surface area contributed by atoms with Crippen LogP contribution in [0.3, 0.4) is 0 Å². The van der Waals surface area contributed by atoms with Crippen LogP contribution in [0.5, 0.6) is 23.0 Å². The Morgan fingerprint density at radius 1 is 1.05 bits per heavy atom. The molecule has 3 N–H and O–H groups in total. The van der Waals surface area contributed by atoms with E-state index in [4.69, 9.17) is 9.15 Å². The van der Waals surface area contributed by atoms with E-state index in [2.05, 4.69) is 0 Å². The predicted octanol–water partition coefficient (Wildman–Crippen LogP) is 2.59. The number of phenolic OH excluding ortho intramolecular Hbond substituents is 2. The van der Waals surface area contributed by atoms with Crippen molar-refractivity contribution in [3.63, 3.8) is 0 Å². The quantitative estimate of drug-likeness (QED) is 0.629. The second kappa shape index (κ2) is 5.00. The second-order valence-corrected chi connectivity index (χ2v) is 4.68. The van der Waals surface area contributed by atoms with E-state index in [1.54, 1.807) is 6.07 Å². The fraction of sp³-hybridized carbons (Fsp3) is 0.0625. The molecule has 1 aromatic heterocycles. The van der Waals surface area contributed by atoms with Crippen molar-refractivity contribution in [2.75, 3.05) is 7.11 Å². The van der Waals surface area contributed by atoms with Crippen LogP contribution in [0.4, 0.5) is 0 Å². The van der Waals surface area contributed by atoms with E-state index in [0.29, 0.717) is 5.75 Å². The van der Waals surface area contributed by atoms with Crippen molar-refractivity contribution in [3.8, 4) is 34.1 Å². The number of fused-ring (bicyclic) bond motifs is 1. The molecule has 2 aromatic carbocycles. The second-order valence-electron chi connectivity index (χ2n) is 4.68. The normalized spacial score (nSPS) is 10.8. The van der Waals surface area contributed by atoms with Gasteiger partial charge >= 0.3 is 5.63 Å². The van der Waals surface area contributed by atoms with Crippen LogP contribution in [0, 0.1) is 0 Å². The summed E-state index contributed by atoms with van der Waals surface area (Å²) in [4.78, 5) is 12.1. The van der Waals surface area contributed by atoms with Crippen LogP contribution >= 0.6 is 0 Å². The summed E-state index contributed by atoms with van der Waals surface area (Å²) in [6.45, 7) is 0. The first-order valence-electron chi connectivity index (χ1n) is 6.37. The van der Waals surface area contributed by atoms with Gasteiger partial charge in [-0.05, 0) is 24.3 Å². The Labute approximate surface area is 124 Å². The Hall–Kier alpha value is -3.15. The van der Waals surface area contributed by atoms with E-state index in [1.807, 2.05) is 0 Å². The molecule has 3 aromatic rings. The summed E-state index contributed by atoms with van der Waals surface area (Å²) in [6, 6.07) is 8.34. The molecule has 0 bridgehead atoms. The van der Waals surface area contributed by atoms with E-state index in [-0.39, 0.29) is 39.3 Å². The molecule has 3 rings (SSSR count). The highest BCUT2D eigenvalue weighted by Gasteiger charge is 2.19. The van der Waals surface area contributed by atoms with Gasteiger partial charge in [0.2, 0.25) is 0 Å². The zero-order valence-electron chi connectivity index (χ0n) is 11.5. The SMILES string of the molecule is COc1ccc(-c2c(O)c3ccc(O)cc3oc2=O)c(O)c1. The van der Waals surface area contributed by atoms with Gasteiger partial charge in [0, 0.05) is 17.7 Å². The van der Waals surface area contributed by atoms with Crippen LogP contribution in [-0.4, -0.2) is 22.4 Å². The van der Waals surface area contributed by atoms with Gasteiger partial charge in [-0.25, -0.2) is 4.79 Å². The maximum absolute atomic E-state index is 12.1. The molecule has 22 heavy (non-hydrogen) atoms.